The molecule has 1 aromatic carbocycles. The van der Waals surface area contributed by atoms with E-state index in [0.717, 1.165) is 42.6 Å². The topological polar surface area (TPSA) is 124 Å². The number of aromatic nitrogens is 1. The zero-order valence-corrected chi connectivity index (χ0v) is 21.4. The van der Waals surface area contributed by atoms with Gasteiger partial charge in [-0.3, -0.25) is 4.79 Å². The Balaban J connectivity index is 1.85. The third-order valence-electron chi connectivity index (χ3n) is 6.21. The fourth-order valence-electron chi connectivity index (χ4n) is 4.35. The highest BCUT2D eigenvalue weighted by Crippen LogP contribution is 2.36. The van der Waals surface area contributed by atoms with Crippen molar-refractivity contribution in [2.45, 2.75) is 70.2 Å². The minimum absolute atomic E-state index is 0.0633. The number of aliphatic hydroxyl groups excluding tert-OH is 1. The van der Waals surface area contributed by atoms with Gasteiger partial charge in [0.25, 0.3) is 0 Å². The van der Waals surface area contributed by atoms with E-state index in [1.165, 1.54) is 7.11 Å². The fourth-order valence-corrected chi connectivity index (χ4v) is 5.37. The third-order valence-corrected chi connectivity index (χ3v) is 7.35. The van der Waals surface area contributed by atoms with Crippen molar-refractivity contribution in [1.29, 1.82) is 0 Å². The second-order valence-electron chi connectivity index (χ2n) is 8.56. The molecule has 9 nitrogen and oxygen atoms in total. The Morgan fingerprint density at radius 1 is 1.14 bits per heavy atom. The van der Waals surface area contributed by atoms with Crippen LogP contribution in [-0.2, 0) is 27.1 Å². The molecule has 10 heteroatoms. The van der Waals surface area contributed by atoms with Gasteiger partial charge in [-0.25, -0.2) is 9.78 Å². The van der Waals surface area contributed by atoms with E-state index in [9.17, 15) is 19.8 Å². The molecule has 0 spiro atoms. The molecule has 1 aliphatic carbocycles. The first-order chi connectivity index (χ1) is 16.8. The molecule has 0 radical (unpaired) electrons. The Labute approximate surface area is 209 Å². The number of carbonyl (C=O) groups is 2. The van der Waals surface area contributed by atoms with Crippen LogP contribution in [0.15, 0.2) is 12.1 Å². The molecule has 2 aromatic rings. The maximum Gasteiger partial charge on any atom is 0.350 e. The molecule has 1 aromatic heterocycles. The van der Waals surface area contributed by atoms with Crippen LogP contribution in [0.4, 0.5) is 0 Å². The van der Waals surface area contributed by atoms with Crippen LogP contribution in [0.25, 0.3) is 0 Å². The molecule has 35 heavy (non-hydrogen) atoms. The van der Waals surface area contributed by atoms with Crippen molar-refractivity contribution >= 4 is 23.3 Å². The van der Waals surface area contributed by atoms with Crippen LogP contribution < -0.4 is 9.47 Å². The summed E-state index contributed by atoms with van der Waals surface area (Å²) < 4.78 is 22.1. The molecule has 2 N–H and O–H groups in total. The van der Waals surface area contributed by atoms with Gasteiger partial charge >= 0.3 is 11.9 Å². The smallest absolute Gasteiger partial charge is 0.350 e. The van der Waals surface area contributed by atoms with Gasteiger partial charge in [-0.1, -0.05) is 12.8 Å². The summed E-state index contributed by atoms with van der Waals surface area (Å²) >= 11 is 1.11. The number of aryl methyl sites for hydroxylation is 1. The Hall–Kier alpha value is -2.69. The van der Waals surface area contributed by atoms with E-state index in [-0.39, 0.29) is 23.1 Å². The molecule has 1 aliphatic rings. The number of rotatable bonds is 12. The van der Waals surface area contributed by atoms with Crippen LogP contribution in [0, 0.1) is 6.92 Å². The number of hydrogen-bond donors (Lipinski definition) is 2. The lowest BCUT2D eigenvalue weighted by molar-refractivity contribution is -0.136. The van der Waals surface area contributed by atoms with E-state index in [1.54, 1.807) is 26.4 Å². The molecule has 0 bridgehead atoms. The van der Waals surface area contributed by atoms with Crippen LogP contribution in [-0.4, -0.2) is 60.7 Å². The Kier molecular flexibility index (Phi) is 9.47. The standard InChI is InChI=1S/C25H33NO8S/c1-14-19(31-2)11-15(12-20(14)32-3)23(29)18(34-16-7-5-6-8-16)9-10-21-26-17(13-22(27)28)24(35-21)25(30)33-4/h11-12,16,18,23,29H,5-10,13H2,1-4H3,(H,27,28)/t18-,23+/m0/s1. The molecule has 1 heterocycles. The summed E-state index contributed by atoms with van der Waals surface area (Å²) in [5.41, 5.74) is 1.64. The van der Waals surface area contributed by atoms with Gasteiger partial charge in [0.2, 0.25) is 0 Å². The first-order valence-corrected chi connectivity index (χ1v) is 12.4. The second kappa shape index (κ2) is 12.3. The molecule has 192 valence electrons. The maximum atomic E-state index is 12.1. The summed E-state index contributed by atoms with van der Waals surface area (Å²) in [4.78, 5) is 27.9. The van der Waals surface area contributed by atoms with Crippen molar-refractivity contribution in [1.82, 2.24) is 4.98 Å². The van der Waals surface area contributed by atoms with E-state index in [1.807, 2.05) is 6.92 Å². The Morgan fingerprint density at radius 3 is 2.31 bits per heavy atom. The second-order valence-corrected chi connectivity index (χ2v) is 9.64. The molecule has 0 saturated heterocycles. The number of nitrogens with zero attached hydrogens (tertiary/aromatic N) is 1. The van der Waals surface area contributed by atoms with Gasteiger partial charge < -0.3 is 29.2 Å². The number of methoxy groups -OCH3 is 3. The Bertz CT molecular complexity index is 1010. The summed E-state index contributed by atoms with van der Waals surface area (Å²) in [7, 11) is 4.39. The van der Waals surface area contributed by atoms with Crippen molar-refractivity contribution in [2.75, 3.05) is 21.3 Å². The molecule has 2 atom stereocenters. The van der Waals surface area contributed by atoms with Crippen molar-refractivity contribution < 1.29 is 38.7 Å². The van der Waals surface area contributed by atoms with Crippen molar-refractivity contribution in [3.63, 3.8) is 0 Å². The SMILES string of the molecule is COC(=O)c1sc(CC[C@H](OC2CCCC2)[C@H](O)c2cc(OC)c(C)c(OC)c2)nc1CC(=O)O. The highest BCUT2D eigenvalue weighted by Gasteiger charge is 2.29. The molecule has 1 saturated carbocycles. The van der Waals surface area contributed by atoms with Crippen molar-refractivity contribution in [2.24, 2.45) is 0 Å². The number of thiazole rings is 1. The van der Waals surface area contributed by atoms with Crippen LogP contribution in [0.5, 0.6) is 11.5 Å². The predicted octanol–water partition coefficient (Wildman–Crippen LogP) is 3.88. The van der Waals surface area contributed by atoms with Crippen molar-refractivity contribution in [3.05, 3.63) is 38.8 Å². The van der Waals surface area contributed by atoms with Crippen LogP contribution in [0.1, 0.15) is 69.7 Å². The molecular weight excluding hydrogens is 474 g/mol. The minimum atomic E-state index is -1.08. The number of esters is 1. The molecule has 0 aliphatic heterocycles. The van der Waals surface area contributed by atoms with Gasteiger partial charge in [0.1, 0.15) is 22.5 Å². The lowest BCUT2D eigenvalue weighted by Crippen LogP contribution is -2.27. The molecular formula is C25H33NO8S. The maximum absolute atomic E-state index is 12.1. The quantitative estimate of drug-likeness (QED) is 0.412. The number of carboxylic acid groups (broad SMARTS) is 1. The average molecular weight is 508 g/mol. The van der Waals surface area contributed by atoms with Gasteiger partial charge in [0, 0.05) is 12.0 Å². The third kappa shape index (κ3) is 6.71. The van der Waals surface area contributed by atoms with Gasteiger partial charge in [-0.2, -0.15) is 0 Å². The summed E-state index contributed by atoms with van der Waals surface area (Å²) in [6.45, 7) is 1.89. The van der Waals surface area contributed by atoms with E-state index < -0.39 is 24.1 Å². The lowest BCUT2D eigenvalue weighted by atomic mass is 9.98. The molecule has 3 rings (SSSR count). The highest BCUT2D eigenvalue weighted by atomic mass is 32.1. The molecule has 1 fully saturated rings. The molecule has 0 amide bonds. The average Bonchev–Trinajstić information content (AvgIpc) is 3.50. The summed E-state index contributed by atoms with van der Waals surface area (Å²) in [5.74, 6) is -0.465. The number of ether oxygens (including phenoxy) is 4. The van der Waals surface area contributed by atoms with Gasteiger partial charge in [-0.05, 0) is 43.9 Å². The first kappa shape index (κ1) is 26.9. The van der Waals surface area contributed by atoms with Crippen molar-refractivity contribution in [3.8, 4) is 11.5 Å². The monoisotopic (exact) mass is 507 g/mol. The highest BCUT2D eigenvalue weighted by molar-refractivity contribution is 7.13. The Morgan fingerprint density at radius 2 is 1.77 bits per heavy atom. The van der Waals surface area contributed by atoms with E-state index in [0.29, 0.717) is 34.9 Å². The zero-order chi connectivity index (χ0) is 25.5. The van der Waals surface area contributed by atoms with Crippen LogP contribution >= 0.6 is 11.3 Å². The largest absolute Gasteiger partial charge is 0.496 e. The van der Waals surface area contributed by atoms with Gasteiger partial charge in [0.05, 0.1) is 50.7 Å². The lowest BCUT2D eigenvalue weighted by Gasteiger charge is -2.27. The van der Waals surface area contributed by atoms with Crippen LogP contribution in [0.2, 0.25) is 0 Å². The van der Waals surface area contributed by atoms with Crippen LogP contribution in [0.3, 0.4) is 0 Å². The van der Waals surface area contributed by atoms with E-state index in [4.69, 9.17) is 18.9 Å². The summed E-state index contributed by atoms with van der Waals surface area (Å²) in [5, 5.41) is 21.1. The number of benzene rings is 1. The minimum Gasteiger partial charge on any atom is -0.496 e. The summed E-state index contributed by atoms with van der Waals surface area (Å²) in [6, 6.07) is 3.58. The van der Waals surface area contributed by atoms with Gasteiger partial charge in [-0.15, -0.1) is 11.3 Å². The summed E-state index contributed by atoms with van der Waals surface area (Å²) in [6.07, 6.45) is 3.11. The number of hydrogen-bond acceptors (Lipinski definition) is 9. The number of carbonyl (C=O) groups excluding carboxylic acids is 1. The number of aliphatic carboxylic acids is 1. The number of carboxylic acids is 1. The molecule has 0 unspecified atom stereocenters. The van der Waals surface area contributed by atoms with E-state index in [2.05, 4.69) is 4.98 Å². The fraction of sp³-hybridized carbons (Fsp3) is 0.560. The van der Waals surface area contributed by atoms with Gasteiger partial charge in [0.15, 0.2) is 0 Å². The zero-order valence-electron chi connectivity index (χ0n) is 20.5. The predicted molar refractivity (Wildman–Crippen MR) is 129 cm³/mol. The normalized spacial score (nSPS) is 15.6. The van der Waals surface area contributed by atoms with E-state index >= 15 is 0 Å². The number of aliphatic hydroxyl groups is 1. The first-order valence-electron chi connectivity index (χ1n) is 11.6.